The molecule has 2 heterocycles. The maximum Gasteiger partial charge on any atom is 0.411 e. The molecule has 25 heavy (non-hydrogen) atoms. The molecule has 0 radical (unpaired) electrons. The van der Waals surface area contributed by atoms with Crippen LogP contribution in [0, 0.1) is 17.1 Å². The lowest BCUT2D eigenvalue weighted by molar-refractivity contribution is 0.209. The van der Waals surface area contributed by atoms with Crippen LogP contribution in [0.25, 0.3) is 22.7 Å². The summed E-state index contributed by atoms with van der Waals surface area (Å²) < 4.78 is 24.4. The van der Waals surface area contributed by atoms with E-state index in [0.29, 0.717) is 4.60 Å². The summed E-state index contributed by atoms with van der Waals surface area (Å²) in [4.78, 5) is 19.0. The van der Waals surface area contributed by atoms with Crippen LogP contribution in [-0.2, 0) is 0 Å². The fraction of sp³-hybridized carbons (Fsp3) is 0. The zero-order valence-corrected chi connectivity index (χ0v) is 13.8. The number of carbonyl (C=O) groups is 1. The molecule has 2 N–H and O–H groups in total. The number of aromatic nitrogens is 3. The standard InChI is InChI=1S/C15H7BrFN5O3/c16-12-6-20-14(24-15(19)23)13(21-12)11-4-10(22-25-11)8-2-1-7(5-18)3-9(8)17/h1-4,6H,(H2,19,23). The topological polar surface area (TPSA) is 128 Å². The molecule has 10 heteroatoms. The van der Waals surface area contributed by atoms with Crippen LogP contribution in [0.5, 0.6) is 5.88 Å². The van der Waals surface area contributed by atoms with Crippen molar-refractivity contribution in [2.45, 2.75) is 0 Å². The van der Waals surface area contributed by atoms with E-state index >= 15 is 0 Å². The first-order chi connectivity index (χ1) is 12.0. The van der Waals surface area contributed by atoms with E-state index in [1.54, 1.807) is 0 Å². The SMILES string of the molecule is N#Cc1ccc(-c2cc(-c3nc(Br)cnc3OC(N)=O)on2)c(F)c1. The van der Waals surface area contributed by atoms with Crippen LogP contribution >= 0.6 is 15.9 Å². The van der Waals surface area contributed by atoms with E-state index in [0.717, 1.165) is 6.07 Å². The maximum absolute atomic E-state index is 14.1. The number of amides is 1. The minimum atomic E-state index is -1.07. The lowest BCUT2D eigenvalue weighted by atomic mass is 10.1. The van der Waals surface area contributed by atoms with Gasteiger partial charge >= 0.3 is 6.09 Å². The summed E-state index contributed by atoms with van der Waals surface area (Å²) in [6, 6.07) is 7.18. The van der Waals surface area contributed by atoms with Gasteiger partial charge in [0.05, 0.1) is 17.8 Å². The molecule has 1 aromatic carbocycles. The zero-order chi connectivity index (χ0) is 18.0. The number of benzene rings is 1. The van der Waals surface area contributed by atoms with Crippen molar-refractivity contribution in [3.8, 4) is 34.7 Å². The molecule has 0 spiro atoms. The van der Waals surface area contributed by atoms with Crippen molar-refractivity contribution in [2.24, 2.45) is 5.73 Å². The Labute approximate surface area is 148 Å². The molecule has 0 saturated heterocycles. The Kier molecular flexibility index (Phi) is 4.40. The number of primary amides is 1. The molecule has 8 nitrogen and oxygen atoms in total. The maximum atomic E-state index is 14.1. The zero-order valence-electron chi connectivity index (χ0n) is 12.2. The molecule has 3 aromatic rings. The molecule has 0 fully saturated rings. The van der Waals surface area contributed by atoms with Crippen LogP contribution in [0.2, 0.25) is 0 Å². The number of nitriles is 1. The molecule has 0 atom stereocenters. The predicted octanol–water partition coefficient (Wildman–Crippen LogP) is 3.03. The summed E-state index contributed by atoms with van der Waals surface area (Å²) >= 11 is 3.14. The van der Waals surface area contributed by atoms with E-state index in [-0.39, 0.29) is 34.2 Å². The van der Waals surface area contributed by atoms with Crippen LogP contribution in [0.3, 0.4) is 0 Å². The van der Waals surface area contributed by atoms with E-state index in [1.807, 2.05) is 6.07 Å². The molecule has 1 amide bonds. The highest BCUT2D eigenvalue weighted by molar-refractivity contribution is 9.10. The van der Waals surface area contributed by atoms with E-state index in [1.165, 1.54) is 24.4 Å². The molecular weight excluding hydrogens is 397 g/mol. The van der Waals surface area contributed by atoms with E-state index in [4.69, 9.17) is 20.3 Å². The lowest BCUT2D eigenvalue weighted by Crippen LogP contribution is -2.17. The van der Waals surface area contributed by atoms with Gasteiger partial charge in [-0.05, 0) is 34.1 Å². The minimum Gasteiger partial charge on any atom is -0.389 e. The van der Waals surface area contributed by atoms with Crippen molar-refractivity contribution in [1.82, 2.24) is 15.1 Å². The van der Waals surface area contributed by atoms with Crippen molar-refractivity contribution in [1.29, 1.82) is 5.26 Å². The predicted molar refractivity (Wildman–Crippen MR) is 85.5 cm³/mol. The molecule has 0 aliphatic heterocycles. The Bertz CT molecular complexity index is 1010. The van der Waals surface area contributed by atoms with Gasteiger partial charge in [-0.2, -0.15) is 5.26 Å². The van der Waals surface area contributed by atoms with E-state index < -0.39 is 11.9 Å². The van der Waals surface area contributed by atoms with Gasteiger partial charge in [0.25, 0.3) is 5.88 Å². The summed E-state index contributed by atoms with van der Waals surface area (Å²) in [5, 5.41) is 12.6. The molecule has 0 aliphatic carbocycles. The third-order valence-electron chi connectivity index (χ3n) is 3.02. The largest absolute Gasteiger partial charge is 0.411 e. The second-order valence-electron chi connectivity index (χ2n) is 4.65. The summed E-state index contributed by atoms with van der Waals surface area (Å²) in [5.41, 5.74) is 5.53. The molecule has 2 aromatic heterocycles. The van der Waals surface area contributed by atoms with Gasteiger partial charge in [0, 0.05) is 11.6 Å². The highest BCUT2D eigenvalue weighted by Gasteiger charge is 2.19. The van der Waals surface area contributed by atoms with Gasteiger partial charge in [-0.1, -0.05) is 5.16 Å². The summed E-state index contributed by atoms with van der Waals surface area (Å²) in [6.45, 7) is 0. The van der Waals surface area contributed by atoms with Crippen molar-refractivity contribution >= 4 is 22.0 Å². The molecule has 3 rings (SSSR count). The second-order valence-corrected chi connectivity index (χ2v) is 5.46. The van der Waals surface area contributed by atoms with Crippen molar-refractivity contribution in [2.75, 3.05) is 0 Å². The molecular formula is C15H7BrFN5O3. The van der Waals surface area contributed by atoms with E-state index in [9.17, 15) is 9.18 Å². The second kappa shape index (κ2) is 6.66. The van der Waals surface area contributed by atoms with Crippen molar-refractivity contribution in [3.05, 3.63) is 46.4 Å². The molecule has 0 unspecified atom stereocenters. The molecule has 0 bridgehead atoms. The number of halogens is 2. The Morgan fingerprint density at radius 1 is 1.40 bits per heavy atom. The molecule has 124 valence electrons. The van der Waals surface area contributed by atoms with E-state index in [2.05, 4.69) is 31.1 Å². The van der Waals surface area contributed by atoms with Crippen LogP contribution in [0.15, 0.2) is 39.6 Å². The van der Waals surface area contributed by atoms with Gasteiger partial charge in [-0.3, -0.25) is 0 Å². The Balaban J connectivity index is 2.04. The van der Waals surface area contributed by atoms with Crippen LogP contribution in [0.4, 0.5) is 9.18 Å². The van der Waals surface area contributed by atoms with Crippen molar-refractivity contribution in [3.63, 3.8) is 0 Å². The quantitative estimate of drug-likeness (QED) is 0.711. The lowest BCUT2D eigenvalue weighted by Gasteiger charge is -2.03. The smallest absolute Gasteiger partial charge is 0.389 e. The molecule has 0 aliphatic rings. The Morgan fingerprint density at radius 2 is 2.20 bits per heavy atom. The average molecular weight is 404 g/mol. The fourth-order valence-corrected chi connectivity index (χ4v) is 2.27. The number of nitrogens with zero attached hydrogens (tertiary/aromatic N) is 4. The highest BCUT2D eigenvalue weighted by atomic mass is 79.9. The van der Waals surface area contributed by atoms with Crippen LogP contribution in [-0.4, -0.2) is 21.2 Å². The van der Waals surface area contributed by atoms with Crippen LogP contribution < -0.4 is 10.5 Å². The number of carbonyl (C=O) groups excluding carboxylic acids is 1. The first-order valence-corrected chi connectivity index (χ1v) is 7.44. The summed E-state index contributed by atoms with van der Waals surface area (Å²) in [7, 11) is 0. The van der Waals surface area contributed by atoms with Crippen molar-refractivity contribution < 1.29 is 18.4 Å². The number of hydrogen-bond donors (Lipinski definition) is 1. The normalized spacial score (nSPS) is 10.3. The Morgan fingerprint density at radius 3 is 2.88 bits per heavy atom. The third-order valence-corrected chi connectivity index (χ3v) is 3.41. The number of ether oxygens (including phenoxy) is 1. The Hall–Kier alpha value is -3.32. The first-order valence-electron chi connectivity index (χ1n) is 6.65. The van der Waals surface area contributed by atoms with Crippen LogP contribution in [0.1, 0.15) is 5.56 Å². The average Bonchev–Trinajstić information content (AvgIpc) is 3.05. The molecule has 0 saturated carbocycles. The van der Waals surface area contributed by atoms with Gasteiger partial charge < -0.3 is 15.0 Å². The van der Waals surface area contributed by atoms with Gasteiger partial charge in [0.1, 0.15) is 16.1 Å². The van der Waals surface area contributed by atoms with Gasteiger partial charge in [-0.25, -0.2) is 19.2 Å². The monoisotopic (exact) mass is 403 g/mol. The summed E-state index contributed by atoms with van der Waals surface area (Å²) in [5.74, 6) is -0.727. The fourth-order valence-electron chi connectivity index (χ4n) is 1.99. The van der Waals surface area contributed by atoms with Gasteiger partial charge in [0.15, 0.2) is 11.5 Å². The minimum absolute atomic E-state index is 0.0565. The first kappa shape index (κ1) is 16.5. The highest BCUT2D eigenvalue weighted by Crippen LogP contribution is 2.31. The van der Waals surface area contributed by atoms with Gasteiger partial charge in [-0.15, -0.1) is 0 Å². The number of hydrogen-bond acceptors (Lipinski definition) is 7. The van der Waals surface area contributed by atoms with Gasteiger partial charge in [0.2, 0.25) is 0 Å². The number of nitrogens with two attached hydrogens (primary N) is 1. The third kappa shape index (κ3) is 3.46. The summed E-state index contributed by atoms with van der Waals surface area (Å²) in [6.07, 6.45) is 0.232. The number of rotatable bonds is 3.